The van der Waals surface area contributed by atoms with Gasteiger partial charge in [0.2, 0.25) is 0 Å². The Labute approximate surface area is 109 Å². The van der Waals surface area contributed by atoms with E-state index in [4.69, 9.17) is 9.79 Å². The Morgan fingerprint density at radius 1 is 1.17 bits per heavy atom. The van der Waals surface area contributed by atoms with E-state index in [0.29, 0.717) is 6.54 Å². The maximum Gasteiger partial charge on any atom is 0.326 e. The predicted molar refractivity (Wildman–Crippen MR) is 72.6 cm³/mol. The Hall–Kier alpha value is 0.0600. The fourth-order valence-electron chi connectivity index (χ4n) is 1.72. The van der Waals surface area contributed by atoms with E-state index in [1.54, 1.807) is 6.92 Å². The van der Waals surface area contributed by atoms with Crippen LogP contribution in [0, 0.1) is 0 Å². The van der Waals surface area contributed by atoms with E-state index in [1.807, 2.05) is 18.7 Å². The average molecular weight is 301 g/mol. The van der Waals surface area contributed by atoms with Crippen molar-refractivity contribution < 1.29 is 22.8 Å². The summed E-state index contributed by atoms with van der Waals surface area (Å²) in [6.07, 6.45) is -0.351. The molecule has 0 aliphatic carbocycles. The highest BCUT2D eigenvalue weighted by Gasteiger charge is 2.30. The van der Waals surface area contributed by atoms with Crippen LogP contribution in [0.3, 0.4) is 0 Å². The first-order valence-corrected chi connectivity index (χ1v) is 9.66. The normalized spacial score (nSPS) is 15.0. The first kappa shape index (κ1) is 18.1. The molecule has 0 aliphatic heterocycles. The predicted octanol–water partition coefficient (Wildman–Crippen LogP) is 0.699. The monoisotopic (exact) mass is 301 g/mol. The van der Waals surface area contributed by atoms with E-state index in [0.717, 1.165) is 13.1 Å². The maximum absolute atomic E-state index is 12.0. The molecule has 0 heterocycles. The Morgan fingerprint density at radius 3 is 2.00 bits per heavy atom. The number of rotatable bonds is 9. The summed E-state index contributed by atoms with van der Waals surface area (Å²) >= 11 is 0. The number of hydrogen-bond donors (Lipinski definition) is 2. The molecule has 8 heteroatoms. The average Bonchev–Trinajstić information content (AvgIpc) is 2.25. The van der Waals surface area contributed by atoms with Crippen molar-refractivity contribution in [3.05, 3.63) is 0 Å². The molecule has 0 radical (unpaired) electrons. The summed E-state index contributed by atoms with van der Waals surface area (Å²) in [6.45, 7) is 7.47. The lowest BCUT2D eigenvalue weighted by Crippen LogP contribution is -2.34. The Kier molecular flexibility index (Phi) is 7.63. The molecule has 0 aliphatic rings. The van der Waals surface area contributed by atoms with Crippen LogP contribution in [0.25, 0.3) is 0 Å². The molecule has 0 rings (SSSR count). The summed E-state index contributed by atoms with van der Waals surface area (Å²) in [5, 5.41) is -0.950. The molecule has 2 N–H and O–H groups in total. The van der Waals surface area contributed by atoms with Gasteiger partial charge in [0.15, 0.2) is 9.84 Å². The molecule has 18 heavy (non-hydrogen) atoms. The number of hydrogen-bond acceptors (Lipinski definition) is 4. The Morgan fingerprint density at radius 2 is 1.67 bits per heavy atom. The van der Waals surface area contributed by atoms with Crippen molar-refractivity contribution in [1.82, 2.24) is 4.90 Å². The smallest absolute Gasteiger partial charge is 0.324 e. The van der Waals surface area contributed by atoms with Crippen LogP contribution in [0.2, 0.25) is 0 Å². The van der Waals surface area contributed by atoms with Crippen molar-refractivity contribution in [2.24, 2.45) is 0 Å². The van der Waals surface area contributed by atoms with Crippen molar-refractivity contribution >= 4 is 17.4 Å². The third-order valence-electron chi connectivity index (χ3n) is 2.99. The molecule has 0 amide bonds. The zero-order valence-corrected chi connectivity index (χ0v) is 13.0. The fraction of sp³-hybridized carbons (Fsp3) is 1.00. The summed E-state index contributed by atoms with van der Waals surface area (Å²) < 4.78 is 34.9. The van der Waals surface area contributed by atoms with Crippen LogP contribution in [0.1, 0.15) is 27.2 Å². The van der Waals surface area contributed by atoms with Gasteiger partial charge in [0, 0.05) is 6.54 Å². The lowest BCUT2D eigenvalue weighted by Gasteiger charge is -2.21. The molecule has 0 unspecified atom stereocenters. The lowest BCUT2D eigenvalue weighted by atomic mass is 10.4. The van der Waals surface area contributed by atoms with E-state index in [2.05, 4.69) is 0 Å². The van der Waals surface area contributed by atoms with Gasteiger partial charge in [-0.15, -0.1) is 0 Å². The second-order valence-electron chi connectivity index (χ2n) is 4.27. The van der Waals surface area contributed by atoms with E-state index < -0.39 is 28.8 Å². The second kappa shape index (κ2) is 7.60. The van der Waals surface area contributed by atoms with Gasteiger partial charge in [0.05, 0.1) is 17.2 Å². The highest BCUT2D eigenvalue weighted by molar-refractivity contribution is 7.92. The van der Waals surface area contributed by atoms with E-state index in [-0.39, 0.29) is 12.2 Å². The largest absolute Gasteiger partial charge is 0.326 e. The van der Waals surface area contributed by atoms with Crippen LogP contribution in [0.5, 0.6) is 0 Å². The van der Waals surface area contributed by atoms with Gasteiger partial charge in [-0.25, -0.2) is 8.42 Å². The van der Waals surface area contributed by atoms with Gasteiger partial charge in [-0.05, 0) is 19.5 Å². The Balaban J connectivity index is 4.63. The van der Waals surface area contributed by atoms with E-state index in [9.17, 15) is 13.0 Å². The van der Waals surface area contributed by atoms with Gasteiger partial charge >= 0.3 is 7.60 Å². The summed E-state index contributed by atoms with van der Waals surface area (Å²) in [5.41, 5.74) is 0. The molecular weight excluding hydrogens is 277 g/mol. The van der Waals surface area contributed by atoms with Crippen molar-refractivity contribution in [2.45, 2.75) is 32.4 Å². The summed E-state index contributed by atoms with van der Waals surface area (Å²) in [6, 6.07) is 0. The summed E-state index contributed by atoms with van der Waals surface area (Å²) in [7, 11) is -7.74. The molecule has 0 aromatic rings. The van der Waals surface area contributed by atoms with Gasteiger partial charge in [-0.1, -0.05) is 20.8 Å². The first-order valence-electron chi connectivity index (χ1n) is 6.14. The molecule has 6 nitrogen and oxygen atoms in total. The molecule has 0 bridgehead atoms. The molecule has 0 saturated heterocycles. The van der Waals surface area contributed by atoms with Gasteiger partial charge in [0.1, 0.15) is 0 Å². The van der Waals surface area contributed by atoms with Crippen LogP contribution in [-0.2, 0) is 14.4 Å². The van der Waals surface area contributed by atoms with Crippen molar-refractivity contribution in [3.8, 4) is 0 Å². The second-order valence-corrected chi connectivity index (χ2v) is 8.37. The zero-order valence-electron chi connectivity index (χ0n) is 11.2. The zero-order chi connectivity index (χ0) is 14.4. The molecule has 0 saturated carbocycles. The van der Waals surface area contributed by atoms with E-state index in [1.165, 1.54) is 0 Å². The maximum atomic E-state index is 12.0. The lowest BCUT2D eigenvalue weighted by molar-refractivity contribution is 0.321. The van der Waals surface area contributed by atoms with Crippen LogP contribution in [0.4, 0.5) is 0 Å². The van der Waals surface area contributed by atoms with Crippen LogP contribution in [0.15, 0.2) is 0 Å². The summed E-state index contributed by atoms with van der Waals surface area (Å²) in [4.78, 5) is 19.8. The molecule has 0 spiro atoms. The topological polar surface area (TPSA) is 94.9 Å². The van der Waals surface area contributed by atoms with Crippen LogP contribution < -0.4 is 0 Å². The molecule has 0 aromatic carbocycles. The number of sulfone groups is 1. The van der Waals surface area contributed by atoms with Gasteiger partial charge in [-0.3, -0.25) is 4.57 Å². The van der Waals surface area contributed by atoms with Crippen molar-refractivity contribution in [3.63, 3.8) is 0 Å². The Bertz CT molecular complexity index is 374. The highest BCUT2D eigenvalue weighted by atomic mass is 32.2. The fourth-order valence-corrected chi connectivity index (χ4v) is 5.36. The van der Waals surface area contributed by atoms with Crippen LogP contribution in [-0.4, -0.2) is 59.9 Å². The van der Waals surface area contributed by atoms with Gasteiger partial charge < -0.3 is 14.7 Å². The molecule has 0 aromatic heterocycles. The SMILES string of the molecule is CC[C@@H](CP(=O)(O)O)S(=O)(=O)CCN(CC)CC. The molecule has 0 fully saturated rings. The van der Waals surface area contributed by atoms with E-state index >= 15 is 0 Å². The molecule has 110 valence electrons. The third-order valence-corrected chi connectivity index (χ3v) is 6.42. The summed E-state index contributed by atoms with van der Waals surface area (Å²) in [5.74, 6) is -0.0484. The minimum Gasteiger partial charge on any atom is -0.324 e. The molecule has 1 atom stereocenters. The minimum absolute atomic E-state index is 0.0484. The van der Waals surface area contributed by atoms with Gasteiger partial charge in [-0.2, -0.15) is 0 Å². The van der Waals surface area contributed by atoms with Crippen LogP contribution >= 0.6 is 7.60 Å². The quantitative estimate of drug-likeness (QED) is 0.609. The van der Waals surface area contributed by atoms with Crippen molar-refractivity contribution in [2.75, 3.05) is 31.5 Å². The first-order chi connectivity index (χ1) is 8.16. The third kappa shape index (κ3) is 6.85. The minimum atomic E-state index is -4.29. The standard InChI is InChI=1S/C10H24NO5PS/c1-4-10(9-17(12,13)14)18(15,16)8-7-11(5-2)6-3/h10H,4-9H2,1-3H3,(H2,12,13,14)/t10-/m0/s1. The highest BCUT2D eigenvalue weighted by Crippen LogP contribution is 2.37. The van der Waals surface area contributed by atoms with Gasteiger partial charge in [0.25, 0.3) is 0 Å². The molecular formula is C10H24NO5PS. The van der Waals surface area contributed by atoms with Crippen molar-refractivity contribution in [1.29, 1.82) is 0 Å². The number of nitrogens with zero attached hydrogens (tertiary/aromatic N) is 1.